The maximum absolute atomic E-state index is 12.2. The van der Waals surface area contributed by atoms with E-state index < -0.39 is 0 Å². The second-order valence-corrected chi connectivity index (χ2v) is 6.30. The highest BCUT2D eigenvalue weighted by Crippen LogP contribution is 2.22. The number of rotatable bonds is 5. The summed E-state index contributed by atoms with van der Waals surface area (Å²) in [7, 11) is 2.02. The van der Waals surface area contributed by atoms with Crippen LogP contribution in [0.1, 0.15) is 22.3 Å². The fourth-order valence-electron chi connectivity index (χ4n) is 2.84. The summed E-state index contributed by atoms with van der Waals surface area (Å²) in [5.41, 5.74) is 1.17. The van der Waals surface area contributed by atoms with Crippen molar-refractivity contribution in [2.45, 2.75) is 6.04 Å². The first-order valence-corrected chi connectivity index (χ1v) is 8.41. The van der Waals surface area contributed by atoms with Gasteiger partial charge in [0.05, 0.1) is 19.3 Å². The van der Waals surface area contributed by atoms with E-state index in [1.807, 2.05) is 19.3 Å². The van der Waals surface area contributed by atoms with Gasteiger partial charge in [0, 0.05) is 38.6 Å². The molecule has 0 spiro atoms. The number of amides is 1. The van der Waals surface area contributed by atoms with Crippen LogP contribution in [0.15, 0.2) is 39.5 Å². The number of ether oxygens (including phenoxy) is 1. The number of furan rings is 1. The predicted octanol–water partition coefficient (Wildman–Crippen LogP) is 2.18. The average molecular weight is 382 g/mol. The molecule has 1 fully saturated rings. The van der Waals surface area contributed by atoms with Crippen LogP contribution < -0.4 is 5.32 Å². The molecule has 23 heavy (non-hydrogen) atoms. The molecule has 1 unspecified atom stereocenters. The Kier molecular flexibility index (Phi) is 5.20. The summed E-state index contributed by atoms with van der Waals surface area (Å²) in [4.78, 5) is 14.6. The molecule has 1 aliphatic heterocycles. The van der Waals surface area contributed by atoms with E-state index in [1.54, 1.807) is 12.1 Å². The van der Waals surface area contributed by atoms with E-state index in [9.17, 15) is 4.79 Å². The summed E-state index contributed by atoms with van der Waals surface area (Å²) in [6, 6.07) is 7.60. The lowest BCUT2D eigenvalue weighted by Crippen LogP contribution is -2.44. The molecule has 7 heteroatoms. The molecule has 3 heterocycles. The van der Waals surface area contributed by atoms with E-state index in [0.29, 0.717) is 17.0 Å². The standard InChI is InChI=1S/C16H20BrN3O3/c1-19-6-2-3-12(19)13(20-7-9-22-10-8-20)11-18-16(21)14-4-5-15(17)23-14/h2-6,13H,7-11H2,1H3,(H,18,21). The fraction of sp³-hybridized carbons (Fsp3) is 0.438. The van der Waals surface area contributed by atoms with E-state index >= 15 is 0 Å². The Morgan fingerprint density at radius 3 is 2.74 bits per heavy atom. The van der Waals surface area contributed by atoms with E-state index in [2.05, 4.69) is 36.8 Å². The van der Waals surface area contributed by atoms with Crippen molar-refractivity contribution in [3.8, 4) is 0 Å². The number of hydrogen-bond acceptors (Lipinski definition) is 4. The second kappa shape index (κ2) is 7.33. The Bertz CT molecular complexity index is 661. The molecule has 124 valence electrons. The van der Waals surface area contributed by atoms with Gasteiger partial charge in [-0.2, -0.15) is 0 Å². The van der Waals surface area contributed by atoms with Crippen molar-refractivity contribution in [2.24, 2.45) is 7.05 Å². The van der Waals surface area contributed by atoms with E-state index in [0.717, 1.165) is 26.3 Å². The Morgan fingerprint density at radius 2 is 2.13 bits per heavy atom. The summed E-state index contributed by atoms with van der Waals surface area (Å²) in [5.74, 6) is 0.104. The van der Waals surface area contributed by atoms with Gasteiger partial charge in [-0.15, -0.1) is 0 Å². The highest BCUT2D eigenvalue weighted by Gasteiger charge is 2.25. The van der Waals surface area contributed by atoms with E-state index in [1.165, 1.54) is 5.69 Å². The summed E-state index contributed by atoms with van der Waals surface area (Å²) in [5, 5.41) is 2.98. The van der Waals surface area contributed by atoms with Crippen LogP contribution >= 0.6 is 15.9 Å². The van der Waals surface area contributed by atoms with Crippen molar-refractivity contribution in [1.82, 2.24) is 14.8 Å². The van der Waals surface area contributed by atoms with E-state index in [4.69, 9.17) is 9.15 Å². The lowest BCUT2D eigenvalue weighted by molar-refractivity contribution is 0.0147. The SMILES string of the molecule is Cn1cccc1C(CNC(=O)c1ccc(Br)o1)N1CCOCC1. The number of carbonyl (C=O) groups excluding carboxylic acids is 1. The van der Waals surface area contributed by atoms with Gasteiger partial charge < -0.3 is 19.0 Å². The zero-order chi connectivity index (χ0) is 16.2. The Morgan fingerprint density at radius 1 is 1.35 bits per heavy atom. The van der Waals surface area contributed by atoms with Gasteiger partial charge in [-0.05, 0) is 40.2 Å². The van der Waals surface area contributed by atoms with Crippen LogP contribution in [0.2, 0.25) is 0 Å². The van der Waals surface area contributed by atoms with E-state index in [-0.39, 0.29) is 11.9 Å². The molecule has 1 saturated heterocycles. The lowest BCUT2D eigenvalue weighted by Gasteiger charge is -2.34. The molecule has 1 aliphatic rings. The third-order valence-corrected chi connectivity index (χ3v) is 4.49. The molecule has 2 aromatic heterocycles. The van der Waals surface area contributed by atoms with Crippen molar-refractivity contribution in [2.75, 3.05) is 32.8 Å². The van der Waals surface area contributed by atoms with Gasteiger partial charge >= 0.3 is 0 Å². The maximum atomic E-state index is 12.2. The third kappa shape index (κ3) is 3.85. The monoisotopic (exact) mass is 381 g/mol. The van der Waals surface area contributed by atoms with Gasteiger partial charge in [-0.1, -0.05) is 0 Å². The number of halogens is 1. The third-order valence-electron chi connectivity index (χ3n) is 4.06. The van der Waals surface area contributed by atoms with Crippen molar-refractivity contribution in [3.05, 3.63) is 46.6 Å². The first-order valence-electron chi connectivity index (χ1n) is 7.61. The number of nitrogens with zero attached hydrogens (tertiary/aromatic N) is 2. The molecule has 1 atom stereocenters. The number of aromatic nitrogens is 1. The van der Waals surface area contributed by atoms with Gasteiger partial charge in [0.15, 0.2) is 10.4 Å². The number of carbonyl (C=O) groups is 1. The first-order chi connectivity index (χ1) is 11.1. The zero-order valence-corrected chi connectivity index (χ0v) is 14.6. The van der Waals surface area contributed by atoms with Gasteiger partial charge in [0.25, 0.3) is 5.91 Å². The maximum Gasteiger partial charge on any atom is 0.287 e. The lowest BCUT2D eigenvalue weighted by atomic mass is 10.1. The summed E-state index contributed by atoms with van der Waals surface area (Å²) < 4.78 is 13.4. The predicted molar refractivity (Wildman–Crippen MR) is 89.3 cm³/mol. The molecule has 3 rings (SSSR count). The minimum absolute atomic E-state index is 0.112. The topological polar surface area (TPSA) is 59.6 Å². The number of aryl methyl sites for hydroxylation is 1. The summed E-state index contributed by atoms with van der Waals surface area (Å²) >= 11 is 3.21. The van der Waals surface area contributed by atoms with Gasteiger partial charge in [0.1, 0.15) is 0 Å². The summed E-state index contributed by atoms with van der Waals surface area (Å²) in [6.07, 6.45) is 2.02. The highest BCUT2D eigenvalue weighted by atomic mass is 79.9. The Balaban J connectivity index is 1.71. The molecule has 2 aromatic rings. The Hall–Kier alpha value is -1.57. The van der Waals surface area contributed by atoms with Crippen LogP contribution in [0.4, 0.5) is 0 Å². The van der Waals surface area contributed by atoms with Crippen LogP contribution in [-0.4, -0.2) is 48.2 Å². The van der Waals surface area contributed by atoms with Gasteiger partial charge in [-0.3, -0.25) is 9.69 Å². The first kappa shape index (κ1) is 16.3. The van der Waals surface area contributed by atoms with Crippen LogP contribution in [0.5, 0.6) is 0 Å². The number of morpholine rings is 1. The zero-order valence-electron chi connectivity index (χ0n) is 13.0. The quantitative estimate of drug-likeness (QED) is 0.862. The minimum Gasteiger partial charge on any atom is -0.444 e. The largest absolute Gasteiger partial charge is 0.444 e. The molecule has 0 radical (unpaired) electrons. The molecule has 0 saturated carbocycles. The second-order valence-electron chi connectivity index (χ2n) is 5.52. The summed E-state index contributed by atoms with van der Waals surface area (Å²) in [6.45, 7) is 3.69. The van der Waals surface area contributed by atoms with Crippen LogP contribution in [-0.2, 0) is 11.8 Å². The van der Waals surface area contributed by atoms with Crippen molar-refractivity contribution in [3.63, 3.8) is 0 Å². The van der Waals surface area contributed by atoms with Crippen molar-refractivity contribution < 1.29 is 13.9 Å². The van der Waals surface area contributed by atoms with Crippen molar-refractivity contribution in [1.29, 1.82) is 0 Å². The van der Waals surface area contributed by atoms with Crippen molar-refractivity contribution >= 4 is 21.8 Å². The highest BCUT2D eigenvalue weighted by molar-refractivity contribution is 9.10. The van der Waals surface area contributed by atoms with Crippen LogP contribution in [0.3, 0.4) is 0 Å². The number of nitrogens with one attached hydrogen (secondary N) is 1. The fourth-order valence-corrected chi connectivity index (χ4v) is 3.15. The van der Waals surface area contributed by atoms with Gasteiger partial charge in [0.2, 0.25) is 0 Å². The van der Waals surface area contributed by atoms with Gasteiger partial charge in [-0.25, -0.2) is 0 Å². The molecule has 6 nitrogen and oxygen atoms in total. The smallest absolute Gasteiger partial charge is 0.287 e. The average Bonchev–Trinajstić information content (AvgIpc) is 3.18. The number of hydrogen-bond donors (Lipinski definition) is 1. The molecular weight excluding hydrogens is 362 g/mol. The molecule has 0 bridgehead atoms. The molecule has 0 aromatic carbocycles. The molecule has 1 amide bonds. The van der Waals surface area contributed by atoms with Crippen LogP contribution in [0, 0.1) is 0 Å². The Labute approximate surface area is 143 Å². The molecule has 0 aliphatic carbocycles. The molecular formula is C16H20BrN3O3. The van der Waals surface area contributed by atoms with Crippen LogP contribution in [0.25, 0.3) is 0 Å². The molecule has 1 N–H and O–H groups in total. The minimum atomic E-state index is -0.205. The normalized spacial score (nSPS) is 17.1.